The zero-order valence-electron chi connectivity index (χ0n) is 2.12. The van der Waals surface area contributed by atoms with E-state index in [4.69, 9.17) is 17.5 Å². The van der Waals surface area contributed by atoms with Gasteiger partial charge in [0.1, 0.15) is 0 Å². The number of rotatable bonds is 0. The fraction of sp³-hybridized carbons (Fsp3) is 0. The van der Waals surface area contributed by atoms with Gasteiger partial charge in [0.15, 0.2) is 0 Å². The van der Waals surface area contributed by atoms with E-state index in [-0.39, 0.29) is 8.56 Å². The highest BCUT2D eigenvalue weighted by atomic mass is 32.3. The zero-order valence-corrected chi connectivity index (χ0v) is 2.94. The van der Waals surface area contributed by atoms with E-state index in [1.54, 1.807) is 0 Å². The minimum Gasteiger partial charge on any atom is -0.264 e. The first-order chi connectivity index (χ1) is 2.00. The Hall–Kier alpha value is -0.130. The van der Waals surface area contributed by atoms with Gasteiger partial charge in [-0.15, -0.1) is 0 Å². The summed E-state index contributed by atoms with van der Waals surface area (Å²) in [5.41, 5.74) is 0. The molecule has 0 rings (SSSR count). The smallest absolute Gasteiger partial charge is 0.264 e. The number of hydrogen-bond donors (Lipinski definition) is 2. The molecule has 0 bridgehead atoms. The van der Waals surface area contributed by atoms with E-state index in [1.807, 2.05) is 0 Å². The lowest BCUT2D eigenvalue weighted by molar-refractivity contribution is 0.381. The van der Waals surface area contributed by atoms with Crippen LogP contribution in [0.5, 0.6) is 0 Å². The Morgan fingerprint density at radius 1 is 1.40 bits per heavy atom. The zero-order chi connectivity index (χ0) is 4.50. The summed E-state index contributed by atoms with van der Waals surface area (Å²) in [5.74, 6) is 0. The van der Waals surface area contributed by atoms with Crippen LogP contribution in [0.2, 0.25) is 0 Å². The normalized spacial score (nSPS) is 11.6. The summed E-state index contributed by atoms with van der Waals surface area (Å²) in [4.78, 5) is 0. The van der Waals surface area contributed by atoms with Crippen molar-refractivity contribution in [2.45, 2.75) is 0 Å². The van der Waals surface area contributed by atoms with Gasteiger partial charge >= 0.3 is 10.4 Å². The van der Waals surface area contributed by atoms with Gasteiger partial charge in [0.25, 0.3) is 0 Å². The van der Waals surface area contributed by atoms with Crippen LogP contribution < -0.4 is 0 Å². The molecule has 0 saturated heterocycles. The first kappa shape index (κ1) is 4.87. The minimum absolute atomic E-state index is 0. The van der Waals surface area contributed by atoms with E-state index in [2.05, 4.69) is 0 Å². The van der Waals surface area contributed by atoms with Gasteiger partial charge < -0.3 is 0 Å². The summed E-state index contributed by atoms with van der Waals surface area (Å²) in [5, 5.41) is 0. The molecule has 0 heterocycles. The van der Waals surface area contributed by atoms with Crippen LogP contribution in [0.3, 0.4) is 0 Å². The van der Waals surface area contributed by atoms with Crippen LogP contribution in [0, 0.1) is 0 Å². The second-order valence-corrected chi connectivity index (χ2v) is 1.34. The van der Waals surface area contributed by atoms with Gasteiger partial charge in [-0.1, -0.05) is 0 Å². The maximum atomic E-state index is 8.74. The standard InChI is InChI=1S/H2O4S.6H2/c1-5(2,3)4;;;;;;/h(H2,1,2,3,4);6*1H. The van der Waals surface area contributed by atoms with E-state index in [0.29, 0.717) is 0 Å². The van der Waals surface area contributed by atoms with Crippen molar-refractivity contribution in [1.82, 2.24) is 0 Å². The fourth-order valence-corrected chi connectivity index (χ4v) is 0. The van der Waals surface area contributed by atoms with Crippen LogP contribution in [0.15, 0.2) is 0 Å². The molecule has 5 heteroatoms. The second-order valence-electron chi connectivity index (χ2n) is 0.448. The fourth-order valence-electron chi connectivity index (χ4n) is 0. The van der Waals surface area contributed by atoms with E-state index in [9.17, 15) is 0 Å². The SMILES string of the molecule is O=S(=O)(O)O.[HH].[HH].[HH].[HH].[HH].[HH]. The second kappa shape index (κ2) is 0.925. The van der Waals surface area contributed by atoms with Crippen molar-refractivity contribution >= 4 is 10.4 Å². The summed E-state index contributed by atoms with van der Waals surface area (Å²) in [6.45, 7) is 0. The summed E-state index contributed by atoms with van der Waals surface area (Å²) in [6.07, 6.45) is 0. The first-order valence-electron chi connectivity index (χ1n) is 0.698. The molecule has 0 aromatic carbocycles. The van der Waals surface area contributed by atoms with Gasteiger partial charge in [0, 0.05) is 8.56 Å². The molecule has 0 aromatic heterocycles. The van der Waals surface area contributed by atoms with E-state index in [1.165, 1.54) is 0 Å². The third-order valence-electron chi connectivity index (χ3n) is 0. The lowest BCUT2D eigenvalue weighted by Crippen LogP contribution is -1.89. The van der Waals surface area contributed by atoms with Crippen molar-refractivity contribution in [3.63, 3.8) is 0 Å². The lowest BCUT2D eigenvalue weighted by atomic mass is 15.8. The Kier molecular flexibility index (Phi) is 0.901. The third-order valence-corrected chi connectivity index (χ3v) is 0. The molecule has 0 saturated carbocycles. The average Bonchev–Trinajstić information content (AvgIpc) is 0.722. The molecule has 0 aliphatic carbocycles. The molecule has 5 heavy (non-hydrogen) atoms. The Balaban J connectivity index is -0.00000000533. The predicted molar refractivity (Wildman–Crippen MR) is 26.9 cm³/mol. The lowest BCUT2D eigenvalue weighted by Gasteiger charge is -1.68. The van der Waals surface area contributed by atoms with Crippen molar-refractivity contribution in [3.05, 3.63) is 0 Å². The highest BCUT2D eigenvalue weighted by Crippen LogP contribution is 1.59. The molecule has 0 fully saturated rings. The van der Waals surface area contributed by atoms with E-state index >= 15 is 0 Å². The Morgan fingerprint density at radius 3 is 1.40 bits per heavy atom. The minimum atomic E-state index is -4.67. The molecule has 0 radical (unpaired) electrons. The van der Waals surface area contributed by atoms with Gasteiger partial charge in [-0.25, -0.2) is 0 Å². The van der Waals surface area contributed by atoms with Gasteiger partial charge in [-0.05, 0) is 0 Å². The summed E-state index contributed by atoms with van der Waals surface area (Å²) >= 11 is 0. The quantitative estimate of drug-likeness (QED) is 0.453. The average molecular weight is 110 g/mol. The first-order valence-corrected chi connectivity index (χ1v) is 2.10. The van der Waals surface area contributed by atoms with Crippen molar-refractivity contribution < 1.29 is 26.1 Å². The Labute approximate surface area is 37.9 Å². The monoisotopic (exact) mass is 110 g/mol. The molecule has 44 valence electrons. The van der Waals surface area contributed by atoms with E-state index < -0.39 is 10.4 Å². The summed E-state index contributed by atoms with van der Waals surface area (Å²) in [7, 11) is -4.67. The maximum Gasteiger partial charge on any atom is 0.394 e. The van der Waals surface area contributed by atoms with E-state index in [0.717, 1.165) is 0 Å². The Bertz CT molecular complexity index is 97.8. The predicted octanol–water partition coefficient (Wildman–Crippen LogP) is 0.823. The van der Waals surface area contributed by atoms with Gasteiger partial charge in [0.2, 0.25) is 0 Å². The van der Waals surface area contributed by atoms with Crippen LogP contribution >= 0.6 is 0 Å². The molecule has 0 spiro atoms. The van der Waals surface area contributed by atoms with Crippen LogP contribution in [0.4, 0.5) is 0 Å². The molecular weight excluding hydrogens is 96.1 g/mol. The van der Waals surface area contributed by atoms with Crippen LogP contribution in [0.25, 0.3) is 0 Å². The van der Waals surface area contributed by atoms with Gasteiger partial charge in [-0.3, -0.25) is 9.11 Å². The molecule has 0 unspecified atom stereocenters. The molecular formula is H14O4S. The number of hydrogen-bond acceptors (Lipinski definition) is 2. The Morgan fingerprint density at radius 2 is 1.40 bits per heavy atom. The summed E-state index contributed by atoms with van der Waals surface area (Å²) in [6, 6.07) is 0. The highest BCUT2D eigenvalue weighted by molar-refractivity contribution is 7.79. The van der Waals surface area contributed by atoms with Gasteiger partial charge in [0.05, 0.1) is 0 Å². The van der Waals surface area contributed by atoms with Crippen molar-refractivity contribution in [1.29, 1.82) is 0 Å². The van der Waals surface area contributed by atoms with Crippen molar-refractivity contribution in [2.24, 2.45) is 0 Å². The summed E-state index contributed by atoms with van der Waals surface area (Å²) < 4.78 is 31.6. The molecule has 0 amide bonds. The van der Waals surface area contributed by atoms with Crippen LogP contribution in [-0.2, 0) is 10.4 Å². The van der Waals surface area contributed by atoms with Gasteiger partial charge in [-0.2, -0.15) is 8.42 Å². The van der Waals surface area contributed by atoms with Crippen molar-refractivity contribution in [2.75, 3.05) is 0 Å². The molecule has 0 aliphatic heterocycles. The van der Waals surface area contributed by atoms with Crippen LogP contribution in [0.1, 0.15) is 8.56 Å². The highest BCUT2D eigenvalue weighted by Gasteiger charge is 1.84. The maximum absolute atomic E-state index is 8.74. The largest absolute Gasteiger partial charge is 0.394 e. The molecule has 0 aromatic rings. The molecule has 0 aliphatic rings. The molecule has 0 atom stereocenters. The third kappa shape index (κ3) is 801. The van der Waals surface area contributed by atoms with Crippen molar-refractivity contribution in [3.8, 4) is 0 Å². The molecule has 2 N–H and O–H groups in total. The van der Waals surface area contributed by atoms with Crippen LogP contribution in [-0.4, -0.2) is 17.5 Å². The molecule has 4 nitrogen and oxygen atoms in total. The topological polar surface area (TPSA) is 74.6 Å².